The van der Waals surface area contributed by atoms with E-state index in [1.807, 2.05) is 43.3 Å². The zero-order chi connectivity index (χ0) is 22.0. The van der Waals surface area contributed by atoms with E-state index in [9.17, 15) is 13.2 Å². The number of benzene rings is 2. The first-order chi connectivity index (χ1) is 14.8. The molecule has 0 atom stereocenters. The molecule has 4 aromatic rings. The Hall–Kier alpha value is -3.00. The van der Waals surface area contributed by atoms with Crippen molar-refractivity contribution >= 4 is 27.3 Å². The largest absolute Gasteiger partial charge is 0.269 e. The van der Waals surface area contributed by atoms with E-state index >= 15 is 0 Å². The number of pyridine rings is 1. The van der Waals surface area contributed by atoms with Gasteiger partial charge in [0.15, 0.2) is 0 Å². The van der Waals surface area contributed by atoms with Gasteiger partial charge in [0.2, 0.25) is 10.0 Å². The van der Waals surface area contributed by atoms with E-state index in [4.69, 9.17) is 11.6 Å². The van der Waals surface area contributed by atoms with Crippen LogP contribution in [0.1, 0.15) is 16.8 Å². The molecule has 158 valence electrons. The van der Waals surface area contributed by atoms with Gasteiger partial charge in [0.1, 0.15) is 5.65 Å². The molecule has 2 heterocycles. The number of aromatic nitrogens is 2. The quantitative estimate of drug-likeness (QED) is 0.441. The normalized spacial score (nSPS) is 11.8. The third-order valence-electron chi connectivity index (χ3n) is 4.85. The lowest BCUT2D eigenvalue weighted by molar-refractivity contribution is 0.397. The van der Waals surface area contributed by atoms with Crippen LogP contribution in [0.2, 0.25) is 5.02 Å². The van der Waals surface area contributed by atoms with Crippen LogP contribution in [-0.2, 0) is 23.1 Å². The number of halogens is 1. The lowest BCUT2D eigenvalue weighted by Gasteiger charge is -2.22. The van der Waals surface area contributed by atoms with E-state index < -0.39 is 10.0 Å². The van der Waals surface area contributed by atoms with Crippen LogP contribution in [0.25, 0.3) is 5.65 Å². The number of nitrogens with zero attached hydrogens (tertiary/aromatic N) is 3. The first kappa shape index (κ1) is 21.2. The van der Waals surface area contributed by atoms with Crippen molar-refractivity contribution in [1.29, 1.82) is 0 Å². The predicted molar refractivity (Wildman–Crippen MR) is 121 cm³/mol. The van der Waals surface area contributed by atoms with Crippen LogP contribution in [0, 0.1) is 6.92 Å². The van der Waals surface area contributed by atoms with Crippen molar-refractivity contribution in [3.63, 3.8) is 0 Å². The van der Waals surface area contributed by atoms with Crippen LogP contribution in [0.4, 0.5) is 0 Å². The summed E-state index contributed by atoms with van der Waals surface area (Å²) in [6, 6.07) is 20.4. The van der Waals surface area contributed by atoms with Gasteiger partial charge < -0.3 is 0 Å². The fraction of sp³-hybridized carbons (Fsp3) is 0.130. The summed E-state index contributed by atoms with van der Waals surface area (Å²) in [6.07, 6.45) is 1.66. The Kier molecular flexibility index (Phi) is 5.91. The minimum Gasteiger partial charge on any atom is -0.269 e. The van der Waals surface area contributed by atoms with E-state index in [1.54, 1.807) is 24.4 Å². The van der Waals surface area contributed by atoms with Gasteiger partial charge in [0, 0.05) is 23.8 Å². The molecule has 31 heavy (non-hydrogen) atoms. The number of aryl methyl sites for hydroxylation is 1. The molecule has 6 nitrogen and oxygen atoms in total. The van der Waals surface area contributed by atoms with Crippen LogP contribution in [0.3, 0.4) is 0 Å². The average Bonchev–Trinajstić information content (AvgIpc) is 2.73. The van der Waals surface area contributed by atoms with E-state index in [0.29, 0.717) is 16.4 Å². The first-order valence-corrected chi connectivity index (χ1v) is 11.4. The molecule has 0 amide bonds. The molecule has 0 saturated carbocycles. The second kappa shape index (κ2) is 8.63. The van der Waals surface area contributed by atoms with Gasteiger partial charge in [0.25, 0.3) is 5.56 Å². The van der Waals surface area contributed by atoms with Crippen molar-refractivity contribution in [1.82, 2.24) is 13.7 Å². The molecule has 0 aliphatic rings. The zero-order valence-corrected chi connectivity index (χ0v) is 18.3. The molecule has 0 fully saturated rings. The molecule has 0 N–H and O–H groups in total. The molecule has 0 unspecified atom stereocenters. The summed E-state index contributed by atoms with van der Waals surface area (Å²) < 4.78 is 29.6. The monoisotopic (exact) mass is 453 g/mol. The van der Waals surface area contributed by atoms with Crippen LogP contribution in [0.5, 0.6) is 0 Å². The Bertz CT molecular complexity index is 1400. The lowest BCUT2D eigenvalue weighted by atomic mass is 10.2. The Morgan fingerprint density at radius 2 is 1.74 bits per heavy atom. The Morgan fingerprint density at radius 1 is 0.968 bits per heavy atom. The van der Waals surface area contributed by atoms with E-state index in [2.05, 4.69) is 4.98 Å². The van der Waals surface area contributed by atoms with Crippen molar-refractivity contribution in [2.75, 3.05) is 0 Å². The van der Waals surface area contributed by atoms with Crippen molar-refractivity contribution in [3.05, 3.63) is 111 Å². The third-order valence-corrected chi connectivity index (χ3v) is 6.87. The Balaban J connectivity index is 1.78. The van der Waals surface area contributed by atoms with Gasteiger partial charge in [0.05, 0.1) is 17.1 Å². The minimum absolute atomic E-state index is 0.0522. The summed E-state index contributed by atoms with van der Waals surface area (Å²) in [6.45, 7) is 1.98. The van der Waals surface area contributed by atoms with Gasteiger partial charge in [-0.3, -0.25) is 9.20 Å². The highest BCUT2D eigenvalue weighted by Crippen LogP contribution is 2.23. The standard InChI is InChI=1S/C23H20ClN3O3S/c1-17-10-11-27-22(12-17)25-20(14-23(27)28)16-26(15-18-6-3-2-4-7-18)31(29,30)21-9-5-8-19(24)13-21/h2-14H,15-16H2,1H3. The van der Waals surface area contributed by atoms with Crippen molar-refractivity contribution in [2.24, 2.45) is 0 Å². The van der Waals surface area contributed by atoms with Gasteiger partial charge in [-0.15, -0.1) is 0 Å². The molecule has 8 heteroatoms. The molecule has 0 saturated heterocycles. The molecule has 4 rings (SSSR count). The maximum absolute atomic E-state index is 13.5. The lowest BCUT2D eigenvalue weighted by Crippen LogP contribution is -2.31. The summed E-state index contributed by atoms with van der Waals surface area (Å²) in [7, 11) is -3.89. The van der Waals surface area contributed by atoms with Crippen LogP contribution in [-0.4, -0.2) is 22.1 Å². The smallest absolute Gasteiger partial charge is 0.258 e. The molecule has 2 aromatic heterocycles. The zero-order valence-electron chi connectivity index (χ0n) is 16.8. The summed E-state index contributed by atoms with van der Waals surface area (Å²) in [4.78, 5) is 17.2. The summed E-state index contributed by atoms with van der Waals surface area (Å²) in [5.41, 5.74) is 2.36. The SMILES string of the molecule is Cc1ccn2c(=O)cc(CN(Cc3ccccc3)S(=O)(=O)c3cccc(Cl)c3)nc2c1. The van der Waals surface area contributed by atoms with Gasteiger partial charge in [-0.2, -0.15) is 4.31 Å². The van der Waals surface area contributed by atoms with E-state index in [1.165, 1.54) is 26.9 Å². The topological polar surface area (TPSA) is 71.8 Å². The van der Waals surface area contributed by atoms with Crippen LogP contribution < -0.4 is 5.56 Å². The Morgan fingerprint density at radius 3 is 2.48 bits per heavy atom. The molecule has 0 aliphatic carbocycles. The number of rotatable bonds is 6. The molecule has 0 spiro atoms. The molecule has 2 aromatic carbocycles. The van der Waals surface area contributed by atoms with Gasteiger partial charge in [-0.25, -0.2) is 13.4 Å². The summed E-state index contributed by atoms with van der Waals surface area (Å²) >= 11 is 6.04. The highest BCUT2D eigenvalue weighted by atomic mass is 35.5. The molecular formula is C23H20ClN3O3S. The molecular weight excluding hydrogens is 434 g/mol. The highest BCUT2D eigenvalue weighted by Gasteiger charge is 2.26. The second-order valence-electron chi connectivity index (χ2n) is 7.23. The van der Waals surface area contributed by atoms with E-state index in [0.717, 1.165) is 11.1 Å². The molecule has 0 aliphatic heterocycles. The highest BCUT2D eigenvalue weighted by molar-refractivity contribution is 7.89. The number of sulfonamides is 1. The van der Waals surface area contributed by atoms with Crippen molar-refractivity contribution < 1.29 is 8.42 Å². The summed E-state index contributed by atoms with van der Waals surface area (Å²) in [5.74, 6) is 0. The average molecular weight is 454 g/mol. The minimum atomic E-state index is -3.89. The van der Waals surface area contributed by atoms with Crippen LogP contribution >= 0.6 is 11.6 Å². The van der Waals surface area contributed by atoms with Gasteiger partial charge in [-0.1, -0.05) is 48.0 Å². The van der Waals surface area contributed by atoms with Crippen molar-refractivity contribution in [2.45, 2.75) is 24.9 Å². The van der Waals surface area contributed by atoms with Crippen LogP contribution in [0.15, 0.2) is 88.7 Å². The third kappa shape index (κ3) is 4.69. The number of fused-ring (bicyclic) bond motifs is 1. The van der Waals surface area contributed by atoms with E-state index in [-0.39, 0.29) is 23.5 Å². The maximum Gasteiger partial charge on any atom is 0.258 e. The predicted octanol–water partition coefficient (Wildman–Crippen LogP) is 4.05. The molecule has 0 radical (unpaired) electrons. The number of hydrogen-bond acceptors (Lipinski definition) is 4. The Labute approximate surface area is 185 Å². The first-order valence-electron chi connectivity index (χ1n) is 9.61. The molecule has 0 bridgehead atoms. The fourth-order valence-electron chi connectivity index (χ4n) is 3.30. The fourth-order valence-corrected chi connectivity index (χ4v) is 5.01. The maximum atomic E-state index is 13.5. The number of hydrogen-bond donors (Lipinski definition) is 0. The van der Waals surface area contributed by atoms with Gasteiger partial charge >= 0.3 is 0 Å². The summed E-state index contributed by atoms with van der Waals surface area (Å²) in [5, 5.41) is 0.332. The second-order valence-corrected chi connectivity index (χ2v) is 9.61. The van der Waals surface area contributed by atoms with Gasteiger partial charge in [-0.05, 0) is 48.4 Å². The van der Waals surface area contributed by atoms with Crippen molar-refractivity contribution in [3.8, 4) is 0 Å².